The molecule has 2 N–H and O–H groups in total. The standard InChI is InChI=1S/C25H27N7O2/c1-30-7-9-32(10-8-30)24-13-18(5-6-26-24)25(34)29-23-12-20-11-17(3-4-19(20)14-27-23)21-15-28-31(2)22(21)16-33/h3-6,11-15,33H,7-10,16H2,1-2H3,(H,27,29,34). The first kappa shape index (κ1) is 22.0. The van der Waals surface area contributed by atoms with E-state index in [0.29, 0.717) is 11.4 Å². The van der Waals surface area contributed by atoms with E-state index in [0.717, 1.165) is 59.6 Å². The van der Waals surface area contributed by atoms with E-state index in [4.69, 9.17) is 0 Å². The third-order valence-corrected chi connectivity index (χ3v) is 6.32. The molecule has 1 aliphatic rings. The summed E-state index contributed by atoms with van der Waals surface area (Å²) in [5.74, 6) is 1.06. The molecule has 34 heavy (non-hydrogen) atoms. The summed E-state index contributed by atoms with van der Waals surface area (Å²) in [6.07, 6.45) is 5.17. The maximum absolute atomic E-state index is 13.0. The zero-order chi connectivity index (χ0) is 23.7. The zero-order valence-electron chi connectivity index (χ0n) is 19.3. The van der Waals surface area contributed by atoms with Crippen LogP contribution in [0.2, 0.25) is 0 Å². The van der Waals surface area contributed by atoms with Gasteiger partial charge in [0.1, 0.15) is 11.6 Å². The molecule has 0 atom stereocenters. The molecule has 0 bridgehead atoms. The van der Waals surface area contributed by atoms with Gasteiger partial charge >= 0.3 is 0 Å². The first-order valence-electron chi connectivity index (χ1n) is 11.2. The summed E-state index contributed by atoms with van der Waals surface area (Å²) >= 11 is 0. The number of anilines is 2. The fourth-order valence-electron chi connectivity index (χ4n) is 4.22. The van der Waals surface area contributed by atoms with Gasteiger partial charge in [0.05, 0.1) is 18.5 Å². The lowest BCUT2D eigenvalue weighted by atomic mass is 10.0. The lowest BCUT2D eigenvalue weighted by Crippen LogP contribution is -2.44. The van der Waals surface area contributed by atoms with Crippen LogP contribution in [0.5, 0.6) is 0 Å². The Balaban J connectivity index is 1.37. The van der Waals surface area contributed by atoms with Crippen LogP contribution in [0.15, 0.2) is 55.0 Å². The lowest BCUT2D eigenvalue weighted by Gasteiger charge is -2.33. The number of piperazine rings is 1. The molecule has 9 nitrogen and oxygen atoms in total. The minimum Gasteiger partial charge on any atom is -0.390 e. The van der Waals surface area contributed by atoms with Crippen LogP contribution in [-0.4, -0.2) is 68.9 Å². The van der Waals surface area contributed by atoms with E-state index in [1.165, 1.54) is 0 Å². The number of carbonyl (C=O) groups is 1. The molecule has 1 amide bonds. The Bertz CT molecular complexity index is 1340. The van der Waals surface area contributed by atoms with Crippen molar-refractivity contribution in [2.75, 3.05) is 43.4 Å². The van der Waals surface area contributed by atoms with Gasteiger partial charge in [0, 0.05) is 62.1 Å². The predicted molar refractivity (Wildman–Crippen MR) is 132 cm³/mol. The maximum Gasteiger partial charge on any atom is 0.257 e. The van der Waals surface area contributed by atoms with E-state index in [1.54, 1.807) is 29.3 Å². The number of carbonyl (C=O) groups excluding carboxylic acids is 1. The van der Waals surface area contributed by atoms with Gasteiger partial charge in [0.2, 0.25) is 0 Å². The van der Waals surface area contributed by atoms with Crippen LogP contribution in [0.4, 0.5) is 11.6 Å². The molecule has 5 rings (SSSR count). The van der Waals surface area contributed by atoms with Gasteiger partial charge in [0.15, 0.2) is 0 Å². The van der Waals surface area contributed by atoms with Gasteiger partial charge in [-0.1, -0.05) is 12.1 Å². The van der Waals surface area contributed by atoms with Gasteiger partial charge in [-0.2, -0.15) is 5.10 Å². The predicted octanol–water partition coefficient (Wildman–Crippen LogP) is 2.53. The molecular formula is C25H27N7O2. The smallest absolute Gasteiger partial charge is 0.257 e. The van der Waals surface area contributed by atoms with Crippen molar-refractivity contribution in [1.29, 1.82) is 0 Å². The number of aliphatic hydroxyl groups is 1. The number of likely N-dealkylation sites (N-methyl/N-ethyl adjacent to an activating group) is 1. The Morgan fingerprint density at radius 1 is 1.00 bits per heavy atom. The number of hydrogen-bond acceptors (Lipinski definition) is 7. The fraction of sp³-hybridized carbons (Fsp3) is 0.280. The van der Waals surface area contributed by atoms with Crippen molar-refractivity contribution in [2.45, 2.75) is 6.61 Å². The van der Waals surface area contributed by atoms with Crippen molar-refractivity contribution >= 4 is 28.3 Å². The minimum atomic E-state index is -0.226. The Morgan fingerprint density at radius 2 is 1.82 bits per heavy atom. The van der Waals surface area contributed by atoms with Crippen molar-refractivity contribution in [2.24, 2.45) is 7.05 Å². The summed E-state index contributed by atoms with van der Waals surface area (Å²) in [6, 6.07) is 11.4. The second-order valence-electron chi connectivity index (χ2n) is 8.57. The van der Waals surface area contributed by atoms with Gasteiger partial charge in [-0.15, -0.1) is 0 Å². The quantitative estimate of drug-likeness (QED) is 0.475. The number of fused-ring (bicyclic) bond motifs is 1. The number of rotatable bonds is 5. The van der Waals surface area contributed by atoms with Crippen LogP contribution < -0.4 is 10.2 Å². The fourth-order valence-corrected chi connectivity index (χ4v) is 4.22. The summed E-state index contributed by atoms with van der Waals surface area (Å²) < 4.78 is 1.67. The molecule has 0 aliphatic carbocycles. The molecule has 0 spiro atoms. The molecule has 4 heterocycles. The molecule has 1 aromatic carbocycles. The average molecular weight is 458 g/mol. The molecule has 174 valence electrons. The van der Waals surface area contributed by atoms with Crippen molar-refractivity contribution in [3.63, 3.8) is 0 Å². The highest BCUT2D eigenvalue weighted by molar-refractivity contribution is 6.05. The number of pyridine rings is 2. The Labute approximate surface area is 197 Å². The molecule has 4 aromatic rings. The van der Waals surface area contributed by atoms with Crippen LogP contribution in [-0.2, 0) is 13.7 Å². The zero-order valence-corrected chi connectivity index (χ0v) is 19.3. The van der Waals surface area contributed by atoms with Crippen LogP contribution in [0.1, 0.15) is 16.1 Å². The van der Waals surface area contributed by atoms with E-state index in [9.17, 15) is 9.90 Å². The highest BCUT2D eigenvalue weighted by Gasteiger charge is 2.17. The summed E-state index contributed by atoms with van der Waals surface area (Å²) in [4.78, 5) is 26.3. The first-order chi connectivity index (χ1) is 16.5. The number of aliphatic hydroxyl groups excluding tert-OH is 1. The second-order valence-corrected chi connectivity index (χ2v) is 8.57. The largest absolute Gasteiger partial charge is 0.390 e. The van der Waals surface area contributed by atoms with Crippen LogP contribution in [0, 0.1) is 0 Å². The van der Waals surface area contributed by atoms with E-state index >= 15 is 0 Å². The average Bonchev–Trinajstić information content (AvgIpc) is 3.24. The second kappa shape index (κ2) is 9.20. The highest BCUT2D eigenvalue weighted by atomic mass is 16.3. The van der Waals surface area contributed by atoms with Gasteiger partial charge in [-0.25, -0.2) is 9.97 Å². The molecule has 1 fully saturated rings. The summed E-state index contributed by atoms with van der Waals surface area (Å²) in [7, 11) is 3.92. The van der Waals surface area contributed by atoms with Crippen LogP contribution >= 0.6 is 0 Å². The summed E-state index contributed by atoms with van der Waals surface area (Å²) in [5.41, 5.74) is 3.11. The number of aromatic nitrogens is 4. The maximum atomic E-state index is 13.0. The third kappa shape index (κ3) is 4.35. The number of nitrogens with one attached hydrogen (secondary N) is 1. The number of hydrogen-bond donors (Lipinski definition) is 2. The van der Waals surface area contributed by atoms with E-state index in [1.807, 2.05) is 37.4 Å². The molecule has 1 aliphatic heterocycles. The highest BCUT2D eigenvalue weighted by Crippen LogP contribution is 2.28. The van der Waals surface area contributed by atoms with Gasteiger partial charge in [-0.3, -0.25) is 9.48 Å². The van der Waals surface area contributed by atoms with E-state index in [-0.39, 0.29) is 12.5 Å². The Morgan fingerprint density at radius 3 is 2.62 bits per heavy atom. The molecule has 0 radical (unpaired) electrons. The van der Waals surface area contributed by atoms with Crippen LogP contribution in [0.3, 0.4) is 0 Å². The number of aryl methyl sites for hydroxylation is 1. The molecular weight excluding hydrogens is 430 g/mol. The first-order valence-corrected chi connectivity index (χ1v) is 11.2. The summed E-state index contributed by atoms with van der Waals surface area (Å²) in [5, 5.41) is 18.8. The number of amides is 1. The molecule has 1 saturated heterocycles. The molecule has 0 saturated carbocycles. The molecule has 0 unspecified atom stereocenters. The minimum absolute atomic E-state index is 0.0937. The third-order valence-electron chi connectivity index (χ3n) is 6.32. The van der Waals surface area contributed by atoms with Gasteiger partial charge < -0.3 is 20.2 Å². The van der Waals surface area contributed by atoms with Gasteiger partial charge in [-0.05, 0) is 42.3 Å². The lowest BCUT2D eigenvalue weighted by molar-refractivity contribution is 0.102. The monoisotopic (exact) mass is 457 g/mol. The number of benzene rings is 1. The normalized spacial score (nSPS) is 14.5. The van der Waals surface area contributed by atoms with E-state index in [2.05, 4.69) is 37.2 Å². The molecule has 3 aromatic heterocycles. The van der Waals surface area contributed by atoms with E-state index < -0.39 is 0 Å². The van der Waals surface area contributed by atoms with Crippen LogP contribution in [0.25, 0.3) is 21.9 Å². The number of nitrogens with zero attached hydrogens (tertiary/aromatic N) is 6. The molecule has 9 heteroatoms. The Hall–Kier alpha value is -3.82. The van der Waals surface area contributed by atoms with Crippen molar-refractivity contribution < 1.29 is 9.90 Å². The topological polar surface area (TPSA) is 99.4 Å². The summed E-state index contributed by atoms with van der Waals surface area (Å²) in [6.45, 7) is 3.62. The van der Waals surface area contributed by atoms with Crippen molar-refractivity contribution in [1.82, 2.24) is 24.6 Å². The van der Waals surface area contributed by atoms with Crippen molar-refractivity contribution in [3.05, 3.63) is 66.2 Å². The SMILES string of the molecule is CN1CCN(c2cc(C(=O)Nc3cc4cc(-c5cnn(C)c5CO)ccc4cn3)ccn2)CC1. The Kier molecular flexibility index (Phi) is 5.95. The van der Waals surface area contributed by atoms with Gasteiger partial charge in [0.25, 0.3) is 5.91 Å². The van der Waals surface area contributed by atoms with Crippen molar-refractivity contribution in [3.8, 4) is 11.1 Å².